The fourth-order valence-electron chi connectivity index (χ4n) is 8.42. The molecule has 5 atom stereocenters. The van der Waals surface area contributed by atoms with Crippen LogP contribution in [0.3, 0.4) is 0 Å². The Bertz CT molecular complexity index is 1970. The van der Waals surface area contributed by atoms with Crippen LogP contribution in [0.15, 0.2) is 72.0 Å². The minimum Gasteiger partial charge on any atom is -0.479 e. The molecule has 58 heavy (non-hydrogen) atoms. The topological polar surface area (TPSA) is 200 Å². The lowest BCUT2D eigenvalue weighted by Gasteiger charge is -2.41. The van der Waals surface area contributed by atoms with Gasteiger partial charge in [-0.15, -0.1) is 0 Å². The highest BCUT2D eigenvalue weighted by molar-refractivity contribution is 6.38. The van der Waals surface area contributed by atoms with Crippen molar-refractivity contribution in [1.82, 2.24) is 26.2 Å². The van der Waals surface area contributed by atoms with E-state index in [4.69, 9.17) is 4.74 Å². The van der Waals surface area contributed by atoms with Crippen LogP contribution in [0.1, 0.15) is 101 Å². The van der Waals surface area contributed by atoms with Crippen LogP contribution in [-0.2, 0) is 46.5 Å². The number of ketones is 1. The third kappa shape index (κ3) is 10.2. The van der Waals surface area contributed by atoms with Gasteiger partial charge < -0.3 is 36.0 Å². The largest absolute Gasteiger partial charge is 0.479 e. The molecule has 5 amide bonds. The standard InChI is InChI=1S/C44H53N5O9/c1-3-10-34(40(52)42(54)45-24-37(51)48-39(44(56)57)29-13-8-5-9-14-29)46-41(53)35-23-30-16-19-33-22-31(30)25-49(35)43(55)38(28-11-6-4-7-12-28)47-36(50)20-17-27-15-18-32(58-33)21-26(27)2/h5,8-9,13-16,18-19,22,26,28,34-35,38-39H,3-4,6-7,10-12,17,20-21,23-25H2,1-2H3,(H,45,54)(H,46,53)(H,47,50)(H,48,51)(H,56,57)/t26?,34?,35-,38?,39-/m0/s1. The number of carbonyl (C=O) groups excluding carboxylic acids is 6. The Hall–Kier alpha value is -5.79. The number of carbonyl (C=O) groups is 7. The van der Waals surface area contributed by atoms with Gasteiger partial charge in [-0.05, 0) is 72.4 Å². The van der Waals surface area contributed by atoms with Gasteiger partial charge >= 0.3 is 5.97 Å². The Kier molecular flexibility index (Phi) is 13.8. The minimum absolute atomic E-state index is 0.0599. The Labute approximate surface area is 338 Å². The number of benzene rings is 2. The first-order chi connectivity index (χ1) is 27.9. The second kappa shape index (κ2) is 19.1. The van der Waals surface area contributed by atoms with Gasteiger partial charge in [0, 0.05) is 25.8 Å². The molecule has 2 aromatic carbocycles. The highest BCUT2D eigenvalue weighted by atomic mass is 16.5. The maximum atomic E-state index is 14.8. The molecule has 3 aliphatic heterocycles. The second-order valence-electron chi connectivity index (χ2n) is 15.8. The summed E-state index contributed by atoms with van der Waals surface area (Å²) in [6.07, 6.45) is 10.5. The summed E-state index contributed by atoms with van der Waals surface area (Å²) in [5, 5.41) is 20.1. The molecule has 1 saturated carbocycles. The number of carboxylic acids is 1. The molecule has 3 unspecified atom stereocenters. The molecule has 5 N–H and O–H groups in total. The van der Waals surface area contributed by atoms with Crippen LogP contribution in [0, 0.1) is 11.8 Å². The number of hydrogen-bond acceptors (Lipinski definition) is 8. The van der Waals surface area contributed by atoms with Gasteiger partial charge in [0.2, 0.25) is 29.4 Å². The zero-order chi connectivity index (χ0) is 41.3. The second-order valence-corrected chi connectivity index (χ2v) is 15.8. The summed E-state index contributed by atoms with van der Waals surface area (Å²) in [5.41, 5.74) is 3.08. The molecule has 5 bridgehead atoms. The molecule has 308 valence electrons. The smallest absolute Gasteiger partial charge is 0.330 e. The fourth-order valence-corrected chi connectivity index (χ4v) is 8.42. The predicted molar refractivity (Wildman–Crippen MR) is 213 cm³/mol. The number of hydrogen-bond donors (Lipinski definition) is 5. The fraction of sp³-hybridized carbons (Fsp3) is 0.477. The average molecular weight is 796 g/mol. The number of nitrogens with one attached hydrogen (secondary N) is 4. The van der Waals surface area contributed by atoms with Gasteiger partial charge in [0.1, 0.15) is 23.6 Å². The van der Waals surface area contributed by atoms with Gasteiger partial charge in [0.15, 0.2) is 6.04 Å². The minimum atomic E-state index is -1.37. The molecule has 0 radical (unpaired) electrons. The van der Waals surface area contributed by atoms with Crippen LogP contribution in [0.5, 0.6) is 5.75 Å². The maximum Gasteiger partial charge on any atom is 0.330 e. The zero-order valence-corrected chi connectivity index (χ0v) is 33.1. The zero-order valence-electron chi connectivity index (χ0n) is 33.1. The van der Waals surface area contributed by atoms with Gasteiger partial charge in [-0.2, -0.15) is 0 Å². The van der Waals surface area contributed by atoms with Gasteiger partial charge in [-0.3, -0.25) is 28.8 Å². The van der Waals surface area contributed by atoms with E-state index in [1.54, 1.807) is 37.3 Å². The number of nitrogens with zero attached hydrogens (tertiary/aromatic N) is 1. The van der Waals surface area contributed by atoms with E-state index >= 15 is 0 Å². The Morgan fingerprint density at radius 1 is 0.931 bits per heavy atom. The van der Waals surface area contributed by atoms with Crippen LogP contribution in [0.2, 0.25) is 0 Å². The summed E-state index contributed by atoms with van der Waals surface area (Å²) in [7, 11) is 0. The summed E-state index contributed by atoms with van der Waals surface area (Å²) >= 11 is 0. The lowest BCUT2D eigenvalue weighted by Crippen LogP contribution is -2.61. The molecule has 3 heterocycles. The molecule has 0 spiro atoms. The summed E-state index contributed by atoms with van der Waals surface area (Å²) < 4.78 is 6.31. The number of fused-ring (bicyclic) bond motifs is 7. The van der Waals surface area contributed by atoms with Crippen molar-refractivity contribution < 1.29 is 43.4 Å². The number of amides is 5. The van der Waals surface area contributed by atoms with Gasteiger partial charge in [0.25, 0.3) is 5.91 Å². The number of rotatable bonds is 12. The first-order valence-corrected chi connectivity index (χ1v) is 20.4. The molecule has 7 rings (SSSR count). The first-order valence-electron chi connectivity index (χ1n) is 20.4. The highest BCUT2D eigenvalue weighted by Crippen LogP contribution is 2.35. The monoisotopic (exact) mass is 795 g/mol. The van der Waals surface area contributed by atoms with E-state index in [2.05, 4.69) is 28.2 Å². The number of aliphatic carboxylic acids is 1. The molecular weight excluding hydrogens is 743 g/mol. The quantitative estimate of drug-likeness (QED) is 0.198. The van der Waals surface area contributed by atoms with E-state index in [9.17, 15) is 38.7 Å². The third-order valence-corrected chi connectivity index (χ3v) is 11.6. The SMILES string of the molecule is CCCC(NC(=O)[C@@H]1Cc2ccc3cc2CN1C(=O)C(C1CCCCC1)NC(=O)CCC1=CC=C(CC1C)O3)C(=O)C(=O)NCC(=O)N[C@H](C(=O)O)c1ccccc1. The normalized spacial score (nSPS) is 22.0. The van der Waals surface area contributed by atoms with Crippen LogP contribution < -0.4 is 26.0 Å². The summed E-state index contributed by atoms with van der Waals surface area (Å²) in [6.45, 7) is 3.28. The van der Waals surface area contributed by atoms with Crippen LogP contribution >= 0.6 is 0 Å². The molecule has 2 aliphatic carbocycles. The van der Waals surface area contributed by atoms with E-state index < -0.39 is 60.2 Å². The Morgan fingerprint density at radius 2 is 1.69 bits per heavy atom. The van der Waals surface area contributed by atoms with Gasteiger partial charge in [-0.1, -0.05) is 87.6 Å². The van der Waals surface area contributed by atoms with E-state index in [-0.39, 0.29) is 49.5 Å². The van der Waals surface area contributed by atoms with Crippen molar-refractivity contribution in [3.8, 4) is 5.75 Å². The van der Waals surface area contributed by atoms with Crippen molar-refractivity contribution in [3.63, 3.8) is 0 Å². The predicted octanol–water partition coefficient (Wildman–Crippen LogP) is 3.94. The Balaban J connectivity index is 1.22. The number of Topliss-reactive ketones (excluding diaryl/α,β-unsaturated/α-hetero) is 1. The van der Waals surface area contributed by atoms with Crippen molar-refractivity contribution in [1.29, 1.82) is 0 Å². The third-order valence-electron chi connectivity index (χ3n) is 11.6. The van der Waals surface area contributed by atoms with E-state index in [1.165, 1.54) is 4.90 Å². The van der Waals surface area contributed by atoms with Gasteiger partial charge in [0.05, 0.1) is 12.6 Å². The van der Waals surface area contributed by atoms with Crippen molar-refractivity contribution in [2.24, 2.45) is 11.8 Å². The molecule has 5 aliphatic rings. The molecule has 0 saturated heterocycles. The molecule has 0 aromatic heterocycles. The lowest BCUT2D eigenvalue weighted by atomic mass is 9.82. The summed E-state index contributed by atoms with van der Waals surface area (Å²) in [5.74, 6) is -4.01. The number of ether oxygens (including phenoxy) is 1. The molecule has 2 aromatic rings. The average Bonchev–Trinajstić information content (AvgIpc) is 3.22. The van der Waals surface area contributed by atoms with E-state index in [0.29, 0.717) is 30.6 Å². The molecular formula is C44H53N5O9. The number of allylic oxidation sites excluding steroid dienone is 4. The van der Waals surface area contributed by atoms with Crippen molar-refractivity contribution in [3.05, 3.63) is 88.7 Å². The molecule has 1 fully saturated rings. The first kappa shape index (κ1) is 41.8. The summed E-state index contributed by atoms with van der Waals surface area (Å²) in [4.78, 5) is 95.4. The van der Waals surface area contributed by atoms with E-state index in [1.807, 2.05) is 30.4 Å². The maximum absolute atomic E-state index is 14.8. The molecule has 14 nitrogen and oxygen atoms in total. The lowest BCUT2D eigenvalue weighted by molar-refractivity contribution is -0.147. The molecule has 14 heteroatoms. The van der Waals surface area contributed by atoms with Crippen LogP contribution in [0.4, 0.5) is 0 Å². The van der Waals surface area contributed by atoms with Crippen LogP contribution in [-0.4, -0.2) is 76.0 Å². The highest BCUT2D eigenvalue weighted by Gasteiger charge is 2.42. The van der Waals surface area contributed by atoms with Crippen molar-refractivity contribution in [2.45, 2.75) is 115 Å². The van der Waals surface area contributed by atoms with E-state index in [0.717, 1.165) is 54.6 Å². The van der Waals surface area contributed by atoms with Crippen molar-refractivity contribution in [2.75, 3.05) is 6.54 Å². The van der Waals surface area contributed by atoms with Gasteiger partial charge in [-0.25, -0.2) is 4.79 Å². The van der Waals surface area contributed by atoms with Crippen LogP contribution in [0.25, 0.3) is 0 Å². The summed E-state index contributed by atoms with van der Waals surface area (Å²) in [6, 6.07) is 9.08. The Morgan fingerprint density at radius 3 is 2.40 bits per heavy atom. The number of carboxylic acid groups (broad SMARTS) is 1. The van der Waals surface area contributed by atoms with Crippen molar-refractivity contribution >= 4 is 41.3 Å².